The molecule has 0 bridgehead atoms. The van der Waals surface area contributed by atoms with Gasteiger partial charge in [0.25, 0.3) is 0 Å². The van der Waals surface area contributed by atoms with E-state index in [1.54, 1.807) is 24.3 Å². The number of aromatic hydroxyl groups is 1. The molecule has 2 heteroatoms. The van der Waals surface area contributed by atoms with Crippen molar-refractivity contribution >= 4 is 0 Å². The van der Waals surface area contributed by atoms with Crippen LogP contribution in [0.15, 0.2) is 48.5 Å². The minimum absolute atomic E-state index is 0.263. The third-order valence-electron chi connectivity index (χ3n) is 5.08. The molecule has 0 heterocycles. The van der Waals surface area contributed by atoms with Crippen LogP contribution in [0.25, 0.3) is 0 Å². The van der Waals surface area contributed by atoms with Crippen molar-refractivity contribution in [2.45, 2.75) is 84.2 Å². The molecule has 2 nitrogen and oxygen atoms in total. The predicted octanol–water partition coefficient (Wildman–Crippen LogP) is 7.43. The number of benzene rings is 2. The van der Waals surface area contributed by atoms with Crippen LogP contribution in [-0.2, 0) is 13.0 Å². The number of hydrogen-bond donors (Lipinski definition) is 1. The van der Waals surface area contributed by atoms with E-state index in [0.29, 0.717) is 6.61 Å². The Morgan fingerprint density at radius 3 is 1.74 bits per heavy atom. The Morgan fingerprint density at radius 1 is 0.630 bits per heavy atom. The van der Waals surface area contributed by atoms with Crippen molar-refractivity contribution in [2.75, 3.05) is 0 Å². The van der Waals surface area contributed by atoms with Gasteiger partial charge in [-0.05, 0) is 48.2 Å². The summed E-state index contributed by atoms with van der Waals surface area (Å²) >= 11 is 0. The number of phenols is 1. The van der Waals surface area contributed by atoms with Gasteiger partial charge < -0.3 is 9.84 Å². The zero-order chi connectivity index (χ0) is 19.2. The largest absolute Gasteiger partial charge is 0.508 e. The molecule has 0 atom stereocenters. The molecule has 0 spiro atoms. The molecule has 0 unspecified atom stereocenters. The van der Waals surface area contributed by atoms with Gasteiger partial charge in [0, 0.05) is 0 Å². The Labute approximate surface area is 165 Å². The molecule has 2 aromatic rings. The number of hydrogen-bond acceptors (Lipinski definition) is 2. The first kappa shape index (κ1) is 21.3. The summed E-state index contributed by atoms with van der Waals surface area (Å²) in [6.07, 6.45) is 15.0. The van der Waals surface area contributed by atoms with Crippen LogP contribution in [0, 0.1) is 0 Å². The van der Waals surface area contributed by atoms with Crippen LogP contribution < -0.4 is 4.74 Å². The summed E-state index contributed by atoms with van der Waals surface area (Å²) in [6, 6.07) is 15.6. The van der Waals surface area contributed by atoms with Gasteiger partial charge in [0.05, 0.1) is 0 Å². The van der Waals surface area contributed by atoms with Crippen LogP contribution in [0.2, 0.25) is 0 Å². The number of rotatable bonds is 14. The third kappa shape index (κ3) is 9.51. The summed E-state index contributed by atoms with van der Waals surface area (Å²) in [5.41, 5.74) is 2.60. The fourth-order valence-corrected chi connectivity index (χ4v) is 3.33. The summed E-state index contributed by atoms with van der Waals surface area (Å²) in [4.78, 5) is 0. The highest BCUT2D eigenvalue weighted by atomic mass is 16.5. The van der Waals surface area contributed by atoms with E-state index in [0.717, 1.165) is 5.75 Å². The quantitative estimate of drug-likeness (QED) is 0.351. The molecule has 0 aliphatic rings. The average molecular weight is 369 g/mol. The van der Waals surface area contributed by atoms with Crippen molar-refractivity contribution in [3.05, 3.63) is 59.7 Å². The predicted molar refractivity (Wildman–Crippen MR) is 114 cm³/mol. The van der Waals surface area contributed by atoms with Gasteiger partial charge in [-0.15, -0.1) is 0 Å². The number of ether oxygens (including phenoxy) is 1. The molecule has 0 radical (unpaired) electrons. The first-order valence-corrected chi connectivity index (χ1v) is 10.8. The van der Waals surface area contributed by atoms with E-state index < -0.39 is 0 Å². The molecule has 2 rings (SSSR count). The Morgan fingerprint density at radius 2 is 1.15 bits per heavy atom. The first-order valence-electron chi connectivity index (χ1n) is 10.8. The zero-order valence-electron chi connectivity index (χ0n) is 17.0. The van der Waals surface area contributed by atoms with E-state index in [9.17, 15) is 5.11 Å². The van der Waals surface area contributed by atoms with Crippen LogP contribution in [0.5, 0.6) is 11.5 Å². The first-order chi connectivity index (χ1) is 13.3. The summed E-state index contributed by atoms with van der Waals surface area (Å²) in [5, 5.41) is 9.29. The second-order valence-corrected chi connectivity index (χ2v) is 7.53. The maximum Gasteiger partial charge on any atom is 0.120 e. The van der Waals surface area contributed by atoms with Crippen molar-refractivity contribution in [3.63, 3.8) is 0 Å². The highest BCUT2D eigenvalue weighted by Gasteiger charge is 1.99. The topological polar surface area (TPSA) is 29.5 Å². The minimum Gasteiger partial charge on any atom is -0.508 e. The van der Waals surface area contributed by atoms with E-state index in [2.05, 4.69) is 31.2 Å². The Balaban J connectivity index is 1.53. The SMILES string of the molecule is CCCCCCCCCCCCc1ccc(COc2ccc(O)cc2)cc1. The Kier molecular flexibility index (Phi) is 10.5. The highest BCUT2D eigenvalue weighted by Crippen LogP contribution is 2.18. The highest BCUT2D eigenvalue weighted by molar-refractivity contribution is 5.30. The zero-order valence-corrected chi connectivity index (χ0v) is 17.0. The van der Waals surface area contributed by atoms with Gasteiger partial charge in [-0.2, -0.15) is 0 Å². The van der Waals surface area contributed by atoms with Gasteiger partial charge >= 0.3 is 0 Å². The van der Waals surface area contributed by atoms with Crippen molar-refractivity contribution in [1.29, 1.82) is 0 Å². The second kappa shape index (κ2) is 13.2. The van der Waals surface area contributed by atoms with Gasteiger partial charge in [-0.1, -0.05) is 89.0 Å². The Hall–Kier alpha value is -1.96. The molecule has 0 saturated carbocycles. The molecule has 2 aromatic carbocycles. The molecular weight excluding hydrogens is 332 g/mol. The lowest BCUT2D eigenvalue weighted by molar-refractivity contribution is 0.305. The van der Waals surface area contributed by atoms with E-state index in [1.165, 1.54) is 81.8 Å². The van der Waals surface area contributed by atoms with Gasteiger partial charge in [0.2, 0.25) is 0 Å². The number of aryl methyl sites for hydroxylation is 1. The lowest BCUT2D eigenvalue weighted by Crippen LogP contribution is -1.95. The van der Waals surface area contributed by atoms with Gasteiger partial charge in [0.1, 0.15) is 18.1 Å². The smallest absolute Gasteiger partial charge is 0.120 e. The molecule has 27 heavy (non-hydrogen) atoms. The fourth-order valence-electron chi connectivity index (χ4n) is 3.33. The fraction of sp³-hybridized carbons (Fsp3) is 0.520. The van der Waals surface area contributed by atoms with E-state index in [4.69, 9.17) is 4.74 Å². The van der Waals surface area contributed by atoms with Crippen LogP contribution in [0.4, 0.5) is 0 Å². The third-order valence-corrected chi connectivity index (χ3v) is 5.08. The van der Waals surface area contributed by atoms with E-state index in [1.807, 2.05) is 0 Å². The Bertz CT molecular complexity index is 601. The van der Waals surface area contributed by atoms with Gasteiger partial charge in [-0.3, -0.25) is 0 Å². The van der Waals surface area contributed by atoms with Crippen molar-refractivity contribution in [1.82, 2.24) is 0 Å². The van der Waals surface area contributed by atoms with Crippen molar-refractivity contribution < 1.29 is 9.84 Å². The van der Waals surface area contributed by atoms with Gasteiger partial charge in [0.15, 0.2) is 0 Å². The molecular formula is C25H36O2. The standard InChI is InChI=1S/C25H36O2/c1-2-3-4-5-6-7-8-9-10-11-12-22-13-15-23(16-14-22)21-27-25-19-17-24(26)18-20-25/h13-20,26H,2-12,21H2,1H3. The molecule has 0 saturated heterocycles. The molecule has 0 aliphatic heterocycles. The molecule has 148 valence electrons. The summed E-state index contributed by atoms with van der Waals surface area (Å²) in [6.45, 7) is 2.84. The molecule has 0 aliphatic carbocycles. The second-order valence-electron chi connectivity index (χ2n) is 7.53. The number of unbranched alkanes of at least 4 members (excludes halogenated alkanes) is 9. The van der Waals surface area contributed by atoms with Crippen LogP contribution in [0.3, 0.4) is 0 Å². The summed E-state index contributed by atoms with van der Waals surface area (Å²) < 4.78 is 5.74. The minimum atomic E-state index is 0.263. The van der Waals surface area contributed by atoms with Crippen LogP contribution in [-0.4, -0.2) is 5.11 Å². The maximum atomic E-state index is 9.29. The molecule has 0 amide bonds. The lowest BCUT2D eigenvalue weighted by atomic mass is 10.0. The van der Waals surface area contributed by atoms with Crippen molar-refractivity contribution in [3.8, 4) is 11.5 Å². The normalized spacial score (nSPS) is 10.9. The number of phenolic OH excluding ortho intramolecular Hbond substituents is 1. The molecule has 1 N–H and O–H groups in total. The average Bonchev–Trinajstić information content (AvgIpc) is 2.70. The van der Waals surface area contributed by atoms with Crippen molar-refractivity contribution in [2.24, 2.45) is 0 Å². The summed E-state index contributed by atoms with van der Waals surface area (Å²) in [7, 11) is 0. The van der Waals surface area contributed by atoms with Crippen LogP contribution >= 0.6 is 0 Å². The molecule has 0 fully saturated rings. The lowest BCUT2D eigenvalue weighted by Gasteiger charge is -2.08. The maximum absolute atomic E-state index is 9.29. The molecule has 0 aromatic heterocycles. The van der Waals surface area contributed by atoms with E-state index >= 15 is 0 Å². The summed E-state index contributed by atoms with van der Waals surface area (Å²) in [5.74, 6) is 1.04. The monoisotopic (exact) mass is 368 g/mol. The van der Waals surface area contributed by atoms with E-state index in [-0.39, 0.29) is 5.75 Å². The van der Waals surface area contributed by atoms with Gasteiger partial charge in [-0.25, -0.2) is 0 Å². The van der Waals surface area contributed by atoms with Crippen LogP contribution in [0.1, 0.15) is 82.3 Å².